The van der Waals surface area contributed by atoms with E-state index in [-0.39, 0.29) is 18.5 Å². The van der Waals surface area contributed by atoms with Crippen LogP contribution in [0.5, 0.6) is 5.75 Å². The summed E-state index contributed by atoms with van der Waals surface area (Å²) >= 11 is 0. The first-order valence-corrected chi connectivity index (χ1v) is 11.0. The summed E-state index contributed by atoms with van der Waals surface area (Å²) in [6, 6.07) is 12.6. The lowest BCUT2D eigenvalue weighted by atomic mass is 10.0. The molecule has 0 saturated heterocycles. The summed E-state index contributed by atoms with van der Waals surface area (Å²) in [5.41, 5.74) is 3.64. The highest BCUT2D eigenvalue weighted by Gasteiger charge is 2.24. The minimum Gasteiger partial charge on any atom is -0.492 e. The fourth-order valence-corrected chi connectivity index (χ4v) is 3.72. The van der Waals surface area contributed by atoms with Gasteiger partial charge < -0.3 is 10.1 Å². The summed E-state index contributed by atoms with van der Waals surface area (Å²) in [5, 5.41) is 2.88. The van der Waals surface area contributed by atoms with Crippen LogP contribution in [0.4, 0.5) is 5.69 Å². The van der Waals surface area contributed by atoms with Gasteiger partial charge in [-0.15, -0.1) is 0 Å². The van der Waals surface area contributed by atoms with Crippen LogP contribution in [0.3, 0.4) is 0 Å². The molecule has 0 bridgehead atoms. The Bertz CT molecular complexity index is 941. The third-order valence-corrected chi connectivity index (χ3v) is 5.66. The van der Waals surface area contributed by atoms with Crippen molar-refractivity contribution in [3.8, 4) is 5.75 Å². The van der Waals surface area contributed by atoms with Crippen molar-refractivity contribution >= 4 is 21.6 Å². The van der Waals surface area contributed by atoms with Gasteiger partial charge in [0, 0.05) is 0 Å². The number of benzene rings is 2. The molecule has 2 aromatic rings. The summed E-state index contributed by atoms with van der Waals surface area (Å²) in [6.07, 6.45) is 1.08. The summed E-state index contributed by atoms with van der Waals surface area (Å²) in [4.78, 5) is 12.6. The summed E-state index contributed by atoms with van der Waals surface area (Å²) in [7, 11) is -3.67. The Kier molecular flexibility index (Phi) is 7.07. The number of para-hydroxylation sites is 2. The van der Waals surface area contributed by atoms with Crippen LogP contribution < -0.4 is 14.4 Å². The maximum absolute atomic E-state index is 12.6. The first kappa shape index (κ1) is 21.8. The predicted octanol–water partition coefficient (Wildman–Crippen LogP) is 3.35. The normalized spacial score (nSPS) is 12.3. The number of ether oxygens (including phenoxy) is 1. The first-order chi connectivity index (χ1) is 13.1. The zero-order valence-corrected chi connectivity index (χ0v) is 17.8. The fraction of sp³-hybridized carbons (Fsp3) is 0.381. The summed E-state index contributed by atoms with van der Waals surface area (Å²) in [5.74, 6) is 0.0351. The topological polar surface area (TPSA) is 75.7 Å². The molecule has 0 aromatic heterocycles. The van der Waals surface area contributed by atoms with Gasteiger partial charge in [-0.05, 0) is 56.5 Å². The lowest BCUT2D eigenvalue weighted by Crippen LogP contribution is -2.41. The van der Waals surface area contributed by atoms with Gasteiger partial charge in [0.2, 0.25) is 15.9 Å². The molecule has 0 aliphatic heterocycles. The van der Waals surface area contributed by atoms with Crippen molar-refractivity contribution in [3.05, 3.63) is 59.2 Å². The van der Waals surface area contributed by atoms with Gasteiger partial charge in [-0.1, -0.05) is 30.3 Å². The van der Waals surface area contributed by atoms with Crippen LogP contribution in [0.25, 0.3) is 0 Å². The first-order valence-electron chi connectivity index (χ1n) is 9.19. The van der Waals surface area contributed by atoms with Gasteiger partial charge in [0.25, 0.3) is 0 Å². The molecule has 0 unspecified atom stereocenters. The maximum Gasteiger partial charge on any atom is 0.241 e. The van der Waals surface area contributed by atoms with Gasteiger partial charge in [-0.3, -0.25) is 9.10 Å². The molecule has 1 amide bonds. The quantitative estimate of drug-likeness (QED) is 0.732. The smallest absolute Gasteiger partial charge is 0.241 e. The molecule has 0 heterocycles. The number of carbonyl (C=O) groups excluding carboxylic acids is 1. The minimum atomic E-state index is -3.67. The van der Waals surface area contributed by atoms with Crippen LogP contribution >= 0.6 is 0 Å². The van der Waals surface area contributed by atoms with E-state index in [4.69, 9.17) is 4.74 Å². The standard InChI is InChI=1S/C21H28N2O4S/c1-6-27-20-10-8-7-9-19(20)23(28(5,25)26)14-21(24)22-17(4)18-12-11-15(2)16(3)13-18/h7-13,17H,6,14H2,1-5H3,(H,22,24)/t17-/m1/s1. The van der Waals surface area contributed by atoms with Gasteiger partial charge in [-0.2, -0.15) is 0 Å². The summed E-state index contributed by atoms with van der Waals surface area (Å²) in [6.45, 7) is 7.81. The van der Waals surface area contributed by atoms with Crippen molar-refractivity contribution in [2.24, 2.45) is 0 Å². The lowest BCUT2D eigenvalue weighted by molar-refractivity contribution is -0.120. The number of carbonyl (C=O) groups is 1. The molecule has 0 aliphatic carbocycles. The van der Waals surface area contributed by atoms with Crippen LogP contribution in [0.15, 0.2) is 42.5 Å². The van der Waals surface area contributed by atoms with Gasteiger partial charge in [0.15, 0.2) is 0 Å². The largest absolute Gasteiger partial charge is 0.492 e. The number of amides is 1. The van der Waals surface area contributed by atoms with Crippen LogP contribution in [0, 0.1) is 13.8 Å². The molecule has 7 heteroatoms. The van der Waals surface area contributed by atoms with Crippen LogP contribution in [-0.2, 0) is 14.8 Å². The Morgan fingerprint density at radius 1 is 1.14 bits per heavy atom. The molecule has 0 radical (unpaired) electrons. The van der Waals surface area contributed by atoms with E-state index in [0.717, 1.165) is 21.7 Å². The number of hydrogen-bond acceptors (Lipinski definition) is 4. The molecule has 28 heavy (non-hydrogen) atoms. The second-order valence-electron chi connectivity index (χ2n) is 6.80. The molecule has 6 nitrogen and oxygen atoms in total. The SMILES string of the molecule is CCOc1ccccc1N(CC(=O)N[C@H](C)c1ccc(C)c(C)c1)S(C)(=O)=O. The number of nitrogens with one attached hydrogen (secondary N) is 1. The maximum atomic E-state index is 12.6. The highest BCUT2D eigenvalue weighted by atomic mass is 32.2. The second-order valence-corrected chi connectivity index (χ2v) is 8.71. The molecule has 1 N–H and O–H groups in total. The van der Waals surface area contributed by atoms with Crippen LogP contribution in [0.2, 0.25) is 0 Å². The monoisotopic (exact) mass is 404 g/mol. The Morgan fingerprint density at radius 2 is 1.82 bits per heavy atom. The Hall–Kier alpha value is -2.54. The molecule has 0 fully saturated rings. The fourth-order valence-electron chi connectivity index (χ4n) is 2.86. The van der Waals surface area contributed by atoms with Crippen LogP contribution in [0.1, 0.15) is 36.6 Å². The van der Waals surface area contributed by atoms with E-state index in [9.17, 15) is 13.2 Å². The number of nitrogens with zero attached hydrogens (tertiary/aromatic N) is 1. The van der Waals surface area contributed by atoms with E-state index in [1.807, 2.05) is 45.9 Å². The average molecular weight is 405 g/mol. The third kappa shape index (κ3) is 5.48. The highest BCUT2D eigenvalue weighted by Crippen LogP contribution is 2.29. The van der Waals surface area contributed by atoms with E-state index in [1.165, 1.54) is 5.56 Å². The lowest BCUT2D eigenvalue weighted by Gasteiger charge is -2.25. The van der Waals surface area contributed by atoms with Gasteiger partial charge in [0.1, 0.15) is 12.3 Å². The van der Waals surface area contributed by atoms with Gasteiger partial charge >= 0.3 is 0 Å². The molecular formula is C21H28N2O4S. The number of hydrogen-bond donors (Lipinski definition) is 1. The van der Waals surface area contributed by atoms with Crippen molar-refractivity contribution in [2.75, 3.05) is 23.7 Å². The Morgan fingerprint density at radius 3 is 2.43 bits per heavy atom. The van der Waals surface area contributed by atoms with E-state index >= 15 is 0 Å². The van der Waals surface area contributed by atoms with Crippen molar-refractivity contribution in [1.82, 2.24) is 5.32 Å². The third-order valence-electron chi connectivity index (χ3n) is 4.53. The van der Waals surface area contributed by atoms with Gasteiger partial charge in [-0.25, -0.2) is 8.42 Å². The second kappa shape index (κ2) is 9.10. The van der Waals surface area contributed by atoms with Crippen molar-refractivity contribution < 1.29 is 17.9 Å². The molecular weight excluding hydrogens is 376 g/mol. The van der Waals surface area contributed by atoms with Crippen molar-refractivity contribution in [2.45, 2.75) is 33.7 Å². The van der Waals surface area contributed by atoms with Crippen molar-refractivity contribution in [1.29, 1.82) is 0 Å². The number of sulfonamides is 1. The number of aryl methyl sites for hydroxylation is 2. The highest BCUT2D eigenvalue weighted by molar-refractivity contribution is 7.92. The minimum absolute atomic E-state index is 0.240. The van der Waals surface area contributed by atoms with E-state index in [1.54, 1.807) is 24.3 Å². The molecule has 2 aromatic carbocycles. The number of rotatable bonds is 8. The van der Waals surface area contributed by atoms with Crippen LogP contribution in [-0.4, -0.2) is 33.7 Å². The molecule has 0 aliphatic rings. The average Bonchev–Trinajstić information content (AvgIpc) is 2.62. The molecule has 0 spiro atoms. The van der Waals surface area contributed by atoms with Gasteiger partial charge in [0.05, 0.1) is 24.6 Å². The van der Waals surface area contributed by atoms with E-state index in [2.05, 4.69) is 5.32 Å². The Labute approximate surface area is 167 Å². The van der Waals surface area contributed by atoms with Crippen molar-refractivity contribution in [3.63, 3.8) is 0 Å². The van der Waals surface area contributed by atoms with E-state index in [0.29, 0.717) is 18.0 Å². The number of anilines is 1. The summed E-state index contributed by atoms with van der Waals surface area (Å²) < 4.78 is 31.3. The molecule has 1 atom stereocenters. The predicted molar refractivity (Wildman–Crippen MR) is 112 cm³/mol. The zero-order valence-electron chi connectivity index (χ0n) is 17.0. The van der Waals surface area contributed by atoms with E-state index < -0.39 is 10.0 Å². The molecule has 2 rings (SSSR count). The zero-order chi connectivity index (χ0) is 20.9. The molecule has 0 saturated carbocycles. The molecule has 152 valence electrons. The Balaban J connectivity index is 2.21.